The van der Waals surface area contributed by atoms with Crippen LogP contribution in [0.3, 0.4) is 0 Å². The minimum absolute atomic E-state index is 0.00618. The van der Waals surface area contributed by atoms with Gasteiger partial charge in [0, 0.05) is 10.9 Å². The number of hydrogen-bond donors (Lipinski definition) is 4. The Labute approximate surface area is 182 Å². The molecule has 8 heteroatoms. The van der Waals surface area contributed by atoms with Crippen LogP contribution in [0, 0.1) is 12.8 Å². The molecule has 4 N–H and O–H groups in total. The molecule has 1 fully saturated rings. The van der Waals surface area contributed by atoms with Gasteiger partial charge in [0.25, 0.3) is 11.5 Å². The number of hydrogen-bond acceptors (Lipinski definition) is 4. The summed E-state index contributed by atoms with van der Waals surface area (Å²) in [7, 11) is 0. The van der Waals surface area contributed by atoms with E-state index in [4.69, 9.17) is 4.98 Å². The predicted molar refractivity (Wildman–Crippen MR) is 121 cm³/mol. The van der Waals surface area contributed by atoms with E-state index in [1.807, 2.05) is 13.8 Å². The van der Waals surface area contributed by atoms with Crippen molar-refractivity contribution in [1.82, 2.24) is 15.3 Å². The van der Waals surface area contributed by atoms with Crippen molar-refractivity contribution < 1.29 is 14.6 Å². The summed E-state index contributed by atoms with van der Waals surface area (Å²) in [6.07, 6.45) is 2.05. The number of amides is 1. The number of carbonyl (C=O) groups excluding carboxylic acids is 1. The van der Waals surface area contributed by atoms with Crippen molar-refractivity contribution in [2.24, 2.45) is 5.92 Å². The van der Waals surface area contributed by atoms with Crippen molar-refractivity contribution in [3.8, 4) is 0 Å². The molecule has 3 rings (SSSR count). The van der Waals surface area contributed by atoms with E-state index in [1.165, 1.54) is 20.2 Å². The molecular weight excluding hydrogens is 398 g/mol. The molecule has 0 aliphatic carbocycles. The van der Waals surface area contributed by atoms with E-state index in [2.05, 4.69) is 31.1 Å². The molecule has 1 amide bonds. The van der Waals surface area contributed by atoms with Crippen LogP contribution >= 0.6 is 11.3 Å². The molecule has 0 spiro atoms. The average Bonchev–Trinajstić information content (AvgIpc) is 2.98. The number of carbonyl (C=O) groups is 1. The van der Waals surface area contributed by atoms with Gasteiger partial charge < -0.3 is 20.1 Å². The Balaban J connectivity index is 1.63. The fourth-order valence-electron chi connectivity index (χ4n) is 4.19. The highest BCUT2D eigenvalue weighted by Gasteiger charge is 2.26. The van der Waals surface area contributed by atoms with Crippen LogP contribution in [0.15, 0.2) is 4.79 Å². The molecule has 1 saturated heterocycles. The van der Waals surface area contributed by atoms with Gasteiger partial charge in [-0.25, -0.2) is 4.98 Å². The number of nitrogens with zero attached hydrogens (tertiary/aromatic N) is 1. The lowest BCUT2D eigenvalue weighted by Crippen LogP contribution is -3.28. The van der Waals surface area contributed by atoms with E-state index >= 15 is 0 Å². The Morgan fingerprint density at radius 1 is 1.20 bits per heavy atom. The van der Waals surface area contributed by atoms with Crippen LogP contribution in [0.2, 0.25) is 0 Å². The second-order valence-corrected chi connectivity index (χ2v) is 10.3. The standard InChI is InChI=1S/C22H35N5O2S/c1-6-15(4)11-17-16(5)30-22-20(17)21(29)24-18(25-22)12-26-7-9-27(10-8-26)13-19(28)23-14(2)3/h14-15H,6-13H2,1-5H3,(H,23,28)(H,24,25,29)/p+2/t15-/m0/s1. The van der Waals surface area contributed by atoms with Crippen molar-refractivity contribution in [3.63, 3.8) is 0 Å². The maximum atomic E-state index is 12.9. The maximum absolute atomic E-state index is 12.9. The quantitative estimate of drug-likeness (QED) is 0.459. The van der Waals surface area contributed by atoms with Gasteiger partial charge in [0.1, 0.15) is 37.6 Å². The first-order chi connectivity index (χ1) is 14.3. The molecule has 0 bridgehead atoms. The van der Waals surface area contributed by atoms with Gasteiger partial charge in [0.2, 0.25) is 0 Å². The van der Waals surface area contributed by atoms with Crippen molar-refractivity contribution in [3.05, 3.63) is 26.6 Å². The zero-order valence-corrected chi connectivity index (χ0v) is 19.8. The van der Waals surface area contributed by atoms with E-state index in [-0.39, 0.29) is 17.5 Å². The topological polar surface area (TPSA) is 83.7 Å². The van der Waals surface area contributed by atoms with Gasteiger partial charge in [0.15, 0.2) is 12.4 Å². The second kappa shape index (κ2) is 10.0. The Morgan fingerprint density at radius 3 is 2.50 bits per heavy atom. The van der Waals surface area contributed by atoms with Gasteiger partial charge in [0.05, 0.1) is 5.39 Å². The van der Waals surface area contributed by atoms with Gasteiger partial charge in [-0.05, 0) is 38.7 Å². The van der Waals surface area contributed by atoms with Crippen molar-refractivity contribution >= 4 is 27.5 Å². The number of aromatic amines is 1. The number of aromatic nitrogens is 2. The summed E-state index contributed by atoms with van der Waals surface area (Å²) in [6.45, 7) is 15.7. The van der Waals surface area contributed by atoms with Gasteiger partial charge >= 0.3 is 0 Å². The van der Waals surface area contributed by atoms with Crippen LogP contribution < -0.4 is 20.7 Å². The fraction of sp³-hybridized carbons (Fsp3) is 0.682. The SMILES string of the molecule is CC[C@H](C)Cc1c(C)sc2nc(C[NH+]3CC[NH+](CC(=O)NC(C)C)CC3)[nH]c(=O)c12. The summed E-state index contributed by atoms with van der Waals surface area (Å²) in [5.74, 6) is 1.47. The first-order valence-corrected chi connectivity index (χ1v) is 12.1. The van der Waals surface area contributed by atoms with Gasteiger partial charge in [-0.2, -0.15) is 0 Å². The molecule has 1 aliphatic heterocycles. The fourth-order valence-corrected chi connectivity index (χ4v) is 5.26. The van der Waals surface area contributed by atoms with E-state index in [0.717, 1.165) is 61.6 Å². The van der Waals surface area contributed by atoms with E-state index in [9.17, 15) is 9.59 Å². The molecule has 30 heavy (non-hydrogen) atoms. The molecule has 0 radical (unpaired) electrons. The number of H-pyrrole nitrogens is 1. The number of rotatable bonds is 8. The first kappa shape index (κ1) is 22.9. The highest BCUT2D eigenvalue weighted by atomic mass is 32.1. The minimum atomic E-state index is 0.00618. The summed E-state index contributed by atoms with van der Waals surface area (Å²) in [6, 6.07) is 0.188. The number of thiophene rings is 1. The molecule has 0 aromatic carbocycles. The van der Waals surface area contributed by atoms with Gasteiger partial charge in [-0.15, -0.1) is 11.3 Å². The third kappa shape index (κ3) is 5.68. The van der Waals surface area contributed by atoms with Crippen LogP contribution in [0.25, 0.3) is 10.2 Å². The molecule has 3 heterocycles. The molecule has 0 unspecified atom stereocenters. The van der Waals surface area contributed by atoms with Crippen LogP contribution in [0.4, 0.5) is 0 Å². The Morgan fingerprint density at radius 2 is 1.87 bits per heavy atom. The summed E-state index contributed by atoms with van der Waals surface area (Å²) < 4.78 is 0. The van der Waals surface area contributed by atoms with E-state index in [1.54, 1.807) is 11.3 Å². The zero-order valence-electron chi connectivity index (χ0n) is 19.0. The Kier molecular flexibility index (Phi) is 7.65. The van der Waals surface area contributed by atoms with Crippen molar-refractivity contribution in [2.45, 2.75) is 60.0 Å². The summed E-state index contributed by atoms with van der Waals surface area (Å²) in [5, 5.41) is 3.76. The molecule has 7 nitrogen and oxygen atoms in total. The highest BCUT2D eigenvalue weighted by Crippen LogP contribution is 2.29. The van der Waals surface area contributed by atoms with Crippen LogP contribution in [-0.4, -0.2) is 54.6 Å². The number of fused-ring (bicyclic) bond motifs is 1. The Hall–Kier alpha value is -1.77. The van der Waals surface area contributed by atoms with Gasteiger partial charge in [-0.3, -0.25) is 9.59 Å². The third-order valence-electron chi connectivity index (χ3n) is 6.10. The third-order valence-corrected chi connectivity index (χ3v) is 7.14. The monoisotopic (exact) mass is 435 g/mol. The molecule has 0 saturated carbocycles. The predicted octanol–water partition coefficient (Wildman–Crippen LogP) is -0.310. The van der Waals surface area contributed by atoms with E-state index < -0.39 is 0 Å². The maximum Gasteiger partial charge on any atom is 0.275 e. The average molecular weight is 436 g/mol. The van der Waals surface area contributed by atoms with Crippen LogP contribution in [0.1, 0.15) is 50.4 Å². The largest absolute Gasteiger partial charge is 0.349 e. The number of nitrogens with one attached hydrogen (secondary N) is 4. The van der Waals surface area contributed by atoms with E-state index in [0.29, 0.717) is 12.5 Å². The van der Waals surface area contributed by atoms with Crippen LogP contribution in [0.5, 0.6) is 0 Å². The molecule has 166 valence electrons. The lowest BCUT2D eigenvalue weighted by molar-refractivity contribution is -1.02. The lowest BCUT2D eigenvalue weighted by atomic mass is 9.98. The molecule has 2 aromatic rings. The number of aryl methyl sites for hydroxylation is 1. The Bertz CT molecular complexity index is 927. The molecule has 2 aromatic heterocycles. The summed E-state index contributed by atoms with van der Waals surface area (Å²) in [5.41, 5.74) is 1.18. The number of piperazine rings is 1. The van der Waals surface area contributed by atoms with Gasteiger partial charge in [-0.1, -0.05) is 20.3 Å². The minimum Gasteiger partial charge on any atom is -0.349 e. The second-order valence-electron chi connectivity index (χ2n) is 9.12. The molecular formula is C22H37N5O2S+2. The molecule has 1 atom stereocenters. The first-order valence-electron chi connectivity index (χ1n) is 11.2. The normalized spacial score (nSPS) is 20.6. The van der Waals surface area contributed by atoms with Crippen LogP contribution in [-0.2, 0) is 17.8 Å². The molecule has 1 aliphatic rings. The smallest absolute Gasteiger partial charge is 0.275 e. The summed E-state index contributed by atoms with van der Waals surface area (Å²) >= 11 is 1.64. The number of quaternary nitrogens is 2. The lowest BCUT2D eigenvalue weighted by Gasteiger charge is -2.29. The van der Waals surface area contributed by atoms with Crippen molar-refractivity contribution in [2.75, 3.05) is 32.7 Å². The zero-order chi connectivity index (χ0) is 21.8. The highest BCUT2D eigenvalue weighted by molar-refractivity contribution is 7.18. The van der Waals surface area contributed by atoms with Crippen molar-refractivity contribution in [1.29, 1.82) is 0 Å². The summed E-state index contributed by atoms with van der Waals surface area (Å²) in [4.78, 5) is 37.5.